The van der Waals surface area contributed by atoms with Crippen molar-refractivity contribution in [1.82, 2.24) is 10.2 Å². The van der Waals surface area contributed by atoms with E-state index >= 15 is 0 Å². The first kappa shape index (κ1) is 21.6. The minimum atomic E-state index is -0.173. The van der Waals surface area contributed by atoms with Crippen LogP contribution in [0.5, 0.6) is 5.75 Å². The van der Waals surface area contributed by atoms with Crippen LogP contribution in [-0.2, 0) is 17.7 Å². The zero-order valence-electron chi connectivity index (χ0n) is 18.1. The highest BCUT2D eigenvalue weighted by atomic mass is 19.1. The zero-order valence-corrected chi connectivity index (χ0v) is 18.1. The van der Waals surface area contributed by atoms with Gasteiger partial charge in [-0.1, -0.05) is 24.3 Å². The van der Waals surface area contributed by atoms with E-state index in [1.54, 1.807) is 19.2 Å². The smallest absolute Gasteiger partial charge is 0.317 e. The van der Waals surface area contributed by atoms with Gasteiger partial charge in [-0.05, 0) is 73.4 Å². The van der Waals surface area contributed by atoms with Gasteiger partial charge in [0.15, 0.2) is 0 Å². The van der Waals surface area contributed by atoms with Gasteiger partial charge in [0.05, 0.1) is 12.7 Å². The number of likely N-dealkylation sites (tertiary alicyclic amines) is 1. The Morgan fingerprint density at radius 3 is 2.68 bits per heavy atom. The van der Waals surface area contributed by atoms with E-state index in [4.69, 9.17) is 9.47 Å². The van der Waals surface area contributed by atoms with E-state index in [9.17, 15) is 9.18 Å². The molecule has 6 heteroatoms. The molecular formula is C25H31FN2O3. The van der Waals surface area contributed by atoms with Crippen LogP contribution in [0.3, 0.4) is 0 Å². The van der Waals surface area contributed by atoms with E-state index in [2.05, 4.69) is 5.32 Å². The third kappa shape index (κ3) is 5.56. The Morgan fingerprint density at radius 1 is 1.19 bits per heavy atom. The maximum Gasteiger partial charge on any atom is 0.317 e. The fourth-order valence-electron chi connectivity index (χ4n) is 4.80. The average Bonchev–Trinajstić information content (AvgIpc) is 2.78. The lowest BCUT2D eigenvalue weighted by Crippen LogP contribution is -2.52. The maximum atomic E-state index is 13.5. The molecule has 31 heavy (non-hydrogen) atoms. The van der Waals surface area contributed by atoms with Crippen LogP contribution in [0.2, 0.25) is 0 Å². The van der Waals surface area contributed by atoms with E-state index in [0.29, 0.717) is 25.6 Å². The van der Waals surface area contributed by atoms with Crippen molar-refractivity contribution in [2.75, 3.05) is 26.8 Å². The van der Waals surface area contributed by atoms with E-state index in [1.807, 2.05) is 35.2 Å². The molecule has 1 N–H and O–H groups in total. The number of urea groups is 1. The number of carbonyl (C=O) groups excluding carboxylic acids is 1. The summed E-state index contributed by atoms with van der Waals surface area (Å²) in [6, 6.07) is 14.6. The summed E-state index contributed by atoms with van der Waals surface area (Å²) >= 11 is 0. The molecule has 0 saturated carbocycles. The Bertz CT molecular complexity index is 879. The molecule has 166 valence electrons. The number of hydrogen-bond donors (Lipinski definition) is 1. The van der Waals surface area contributed by atoms with Gasteiger partial charge in [0.25, 0.3) is 0 Å². The standard InChI is InChI=1S/C25H31FN2O3/c1-30-23-7-5-19(6-8-23)18-27-24(29)28-12-10-25(11-13-28)17-21(9-14-31-25)15-20-3-2-4-22(26)16-20/h2-8,16,21H,9-15,17-18H2,1H3,(H,27,29). The van der Waals surface area contributed by atoms with Crippen molar-refractivity contribution in [2.45, 2.75) is 44.2 Å². The van der Waals surface area contributed by atoms with Gasteiger partial charge in [-0.3, -0.25) is 0 Å². The van der Waals surface area contributed by atoms with Crippen molar-refractivity contribution >= 4 is 6.03 Å². The van der Waals surface area contributed by atoms with Crippen LogP contribution < -0.4 is 10.1 Å². The van der Waals surface area contributed by atoms with Crippen LogP contribution >= 0.6 is 0 Å². The number of hydrogen-bond acceptors (Lipinski definition) is 3. The quantitative estimate of drug-likeness (QED) is 0.763. The number of rotatable bonds is 5. The highest BCUT2D eigenvalue weighted by molar-refractivity contribution is 5.74. The first-order valence-electron chi connectivity index (χ1n) is 11.1. The number of piperidine rings is 1. The monoisotopic (exact) mass is 426 g/mol. The van der Waals surface area contributed by atoms with E-state index in [0.717, 1.165) is 55.6 Å². The third-order valence-electron chi connectivity index (χ3n) is 6.57. The maximum absolute atomic E-state index is 13.5. The number of nitrogens with one attached hydrogen (secondary N) is 1. The Labute approximate surface area is 183 Å². The summed E-state index contributed by atoms with van der Waals surface area (Å²) in [4.78, 5) is 14.5. The van der Waals surface area contributed by atoms with Gasteiger partial charge in [-0.15, -0.1) is 0 Å². The minimum Gasteiger partial charge on any atom is -0.497 e. The number of methoxy groups -OCH3 is 1. The largest absolute Gasteiger partial charge is 0.497 e. The van der Waals surface area contributed by atoms with Crippen LogP contribution in [0.1, 0.15) is 36.8 Å². The molecule has 0 radical (unpaired) electrons. The molecule has 2 fully saturated rings. The highest BCUT2D eigenvalue weighted by Crippen LogP contribution is 2.38. The van der Waals surface area contributed by atoms with Crippen LogP contribution in [0, 0.1) is 11.7 Å². The van der Waals surface area contributed by atoms with Crippen LogP contribution in [0.25, 0.3) is 0 Å². The molecular weight excluding hydrogens is 395 g/mol. The lowest BCUT2D eigenvalue weighted by atomic mass is 9.77. The van der Waals surface area contributed by atoms with Crippen molar-refractivity contribution in [3.05, 3.63) is 65.5 Å². The number of ether oxygens (including phenoxy) is 2. The Kier molecular flexibility index (Phi) is 6.76. The number of nitrogens with zero attached hydrogens (tertiary/aromatic N) is 1. The summed E-state index contributed by atoms with van der Waals surface area (Å²) in [7, 11) is 1.64. The van der Waals surface area contributed by atoms with Gasteiger partial charge < -0.3 is 19.7 Å². The first-order valence-corrected chi connectivity index (χ1v) is 11.1. The molecule has 1 unspecified atom stereocenters. The summed E-state index contributed by atoms with van der Waals surface area (Å²) < 4.78 is 24.9. The van der Waals surface area contributed by atoms with E-state index in [-0.39, 0.29) is 17.4 Å². The predicted molar refractivity (Wildman–Crippen MR) is 118 cm³/mol. The van der Waals surface area contributed by atoms with Crippen molar-refractivity contribution in [2.24, 2.45) is 5.92 Å². The van der Waals surface area contributed by atoms with Gasteiger partial charge in [-0.2, -0.15) is 0 Å². The zero-order chi connectivity index (χ0) is 21.7. The predicted octanol–water partition coefficient (Wildman–Crippen LogP) is 4.55. The fourth-order valence-corrected chi connectivity index (χ4v) is 4.80. The third-order valence-corrected chi connectivity index (χ3v) is 6.57. The molecule has 2 aliphatic heterocycles. The molecule has 2 aromatic carbocycles. The normalized spacial score (nSPS) is 20.5. The Hall–Kier alpha value is -2.60. The first-order chi connectivity index (χ1) is 15.0. The van der Waals surface area contributed by atoms with Crippen LogP contribution in [0.4, 0.5) is 9.18 Å². The molecule has 2 aromatic rings. The lowest BCUT2D eigenvalue weighted by Gasteiger charge is -2.46. The van der Waals surface area contributed by atoms with Gasteiger partial charge >= 0.3 is 6.03 Å². The van der Waals surface area contributed by atoms with Gasteiger partial charge in [-0.25, -0.2) is 9.18 Å². The number of halogens is 1. The second kappa shape index (κ2) is 9.69. The second-order valence-corrected chi connectivity index (χ2v) is 8.72. The molecule has 0 aliphatic carbocycles. The second-order valence-electron chi connectivity index (χ2n) is 8.72. The van der Waals surface area contributed by atoms with Crippen LogP contribution in [0.15, 0.2) is 48.5 Å². The lowest BCUT2D eigenvalue weighted by molar-refractivity contribution is -0.122. The topological polar surface area (TPSA) is 50.8 Å². The van der Waals surface area contributed by atoms with E-state index in [1.165, 1.54) is 6.07 Å². The minimum absolute atomic E-state index is 0.0298. The van der Waals surface area contributed by atoms with Crippen molar-refractivity contribution in [3.8, 4) is 5.75 Å². The molecule has 2 amide bonds. The van der Waals surface area contributed by atoms with E-state index < -0.39 is 0 Å². The fraction of sp³-hybridized carbons (Fsp3) is 0.480. The summed E-state index contributed by atoms with van der Waals surface area (Å²) in [5.74, 6) is 1.12. The molecule has 0 bridgehead atoms. The summed E-state index contributed by atoms with van der Waals surface area (Å²) in [5.41, 5.74) is 1.94. The van der Waals surface area contributed by atoms with Gasteiger partial charge in [0, 0.05) is 26.2 Å². The summed E-state index contributed by atoms with van der Waals surface area (Å²) in [6.07, 6.45) is 4.56. The molecule has 2 saturated heterocycles. The Balaban J connectivity index is 1.26. The van der Waals surface area contributed by atoms with Crippen molar-refractivity contribution in [3.63, 3.8) is 0 Å². The summed E-state index contributed by atoms with van der Waals surface area (Å²) in [5, 5.41) is 3.01. The van der Waals surface area contributed by atoms with Crippen LogP contribution in [-0.4, -0.2) is 43.3 Å². The summed E-state index contributed by atoms with van der Waals surface area (Å²) in [6.45, 7) is 2.63. The molecule has 0 aromatic heterocycles. The Morgan fingerprint density at radius 2 is 1.97 bits per heavy atom. The highest BCUT2D eigenvalue weighted by Gasteiger charge is 2.41. The average molecular weight is 427 g/mol. The molecule has 2 heterocycles. The van der Waals surface area contributed by atoms with Gasteiger partial charge in [0.1, 0.15) is 11.6 Å². The molecule has 4 rings (SSSR count). The number of carbonyl (C=O) groups is 1. The number of amides is 2. The van der Waals surface area contributed by atoms with Crippen molar-refractivity contribution in [1.29, 1.82) is 0 Å². The van der Waals surface area contributed by atoms with Crippen molar-refractivity contribution < 1.29 is 18.7 Å². The molecule has 1 atom stereocenters. The SMILES string of the molecule is COc1ccc(CNC(=O)N2CCC3(CC2)CC(Cc2cccc(F)c2)CCO3)cc1. The molecule has 2 aliphatic rings. The molecule has 1 spiro atoms. The molecule has 5 nitrogen and oxygen atoms in total. The van der Waals surface area contributed by atoms with Gasteiger partial charge in [0.2, 0.25) is 0 Å². The number of benzene rings is 2.